The molecule has 2 aromatic carbocycles. The van der Waals surface area contributed by atoms with Crippen LogP contribution in [0.4, 0.5) is 0 Å². The highest BCUT2D eigenvalue weighted by molar-refractivity contribution is 7.16. The Morgan fingerprint density at radius 2 is 1.84 bits per heavy atom. The number of aliphatic hydroxyl groups is 2. The van der Waals surface area contributed by atoms with Crippen LogP contribution >= 0.6 is 11.3 Å². The fourth-order valence-electron chi connectivity index (χ4n) is 3.39. The van der Waals surface area contributed by atoms with E-state index in [9.17, 15) is 20.1 Å². The van der Waals surface area contributed by atoms with Crippen molar-refractivity contribution < 1.29 is 20.1 Å². The van der Waals surface area contributed by atoms with E-state index < -0.39 is 12.3 Å². The number of methoxy groups -OCH3 is 1. The van der Waals surface area contributed by atoms with Crippen molar-refractivity contribution in [2.24, 2.45) is 0 Å². The molecular formula is C22H29N3O5S. The molecule has 0 aliphatic carbocycles. The molecule has 168 valence electrons. The number of phenolic OH excluding ortho intramolecular Hbond substituents is 1. The molecule has 9 heteroatoms. The lowest BCUT2D eigenvalue weighted by atomic mass is 10.1. The average molecular weight is 448 g/mol. The molecular weight excluding hydrogens is 418 g/mol. The number of H-pyrrole nitrogens is 1. The Morgan fingerprint density at radius 3 is 2.58 bits per heavy atom. The van der Waals surface area contributed by atoms with Gasteiger partial charge in [0, 0.05) is 25.8 Å². The van der Waals surface area contributed by atoms with Crippen molar-refractivity contribution in [2.75, 3.05) is 33.4 Å². The number of benzene rings is 2. The predicted octanol–water partition coefficient (Wildman–Crippen LogP) is 1.26. The summed E-state index contributed by atoms with van der Waals surface area (Å²) in [5.41, 5.74) is 3.03. The van der Waals surface area contributed by atoms with E-state index in [4.69, 9.17) is 4.74 Å². The van der Waals surface area contributed by atoms with Gasteiger partial charge in [-0.2, -0.15) is 0 Å². The first-order chi connectivity index (χ1) is 15.0. The molecule has 0 fully saturated rings. The van der Waals surface area contributed by atoms with Gasteiger partial charge in [-0.3, -0.25) is 10.1 Å². The topological polar surface area (TPSA) is 127 Å². The van der Waals surface area contributed by atoms with E-state index in [1.165, 1.54) is 17.7 Å². The van der Waals surface area contributed by atoms with E-state index in [2.05, 4.69) is 27.8 Å². The van der Waals surface area contributed by atoms with Gasteiger partial charge in [0.25, 0.3) is 0 Å². The molecule has 6 N–H and O–H groups in total. The zero-order valence-corrected chi connectivity index (χ0v) is 18.2. The van der Waals surface area contributed by atoms with Gasteiger partial charge in [0.05, 0.1) is 11.3 Å². The van der Waals surface area contributed by atoms with Crippen LogP contribution in [-0.2, 0) is 17.6 Å². The Kier molecular flexibility index (Phi) is 8.59. The molecule has 2 atom stereocenters. The van der Waals surface area contributed by atoms with Crippen molar-refractivity contribution >= 4 is 21.6 Å². The summed E-state index contributed by atoms with van der Waals surface area (Å²) in [6.45, 7) is 2.87. The summed E-state index contributed by atoms with van der Waals surface area (Å²) in [5.74, 6) is -0.0690. The lowest BCUT2D eigenvalue weighted by Crippen LogP contribution is -2.36. The molecule has 3 rings (SSSR count). The molecule has 31 heavy (non-hydrogen) atoms. The van der Waals surface area contributed by atoms with Gasteiger partial charge in [-0.25, -0.2) is 0 Å². The Hall–Kier alpha value is -2.27. The fraction of sp³-hybridized carbons (Fsp3) is 0.409. The molecule has 1 heterocycles. The number of phenols is 1. The number of fused-ring (bicyclic) bond motifs is 1. The molecule has 0 saturated carbocycles. The van der Waals surface area contributed by atoms with Crippen molar-refractivity contribution in [3.63, 3.8) is 0 Å². The lowest BCUT2D eigenvalue weighted by Gasteiger charge is -2.20. The summed E-state index contributed by atoms with van der Waals surface area (Å²) in [7, 11) is 1.68. The van der Waals surface area contributed by atoms with Crippen LogP contribution in [0, 0.1) is 0 Å². The zero-order valence-electron chi connectivity index (χ0n) is 17.4. The molecule has 0 aliphatic heterocycles. The number of aromatic amines is 1. The Labute approximate surface area is 184 Å². The van der Waals surface area contributed by atoms with Crippen molar-refractivity contribution in [3.05, 3.63) is 62.8 Å². The van der Waals surface area contributed by atoms with Gasteiger partial charge in [-0.1, -0.05) is 41.7 Å². The van der Waals surface area contributed by atoms with Gasteiger partial charge in [0.15, 0.2) is 0 Å². The van der Waals surface area contributed by atoms with Crippen molar-refractivity contribution in [3.8, 4) is 5.75 Å². The molecule has 0 amide bonds. The minimum atomic E-state index is -1.24. The Morgan fingerprint density at radius 1 is 1.10 bits per heavy atom. The largest absolute Gasteiger partial charge is 0.506 e. The van der Waals surface area contributed by atoms with Crippen molar-refractivity contribution in [1.29, 1.82) is 0 Å². The zero-order chi connectivity index (χ0) is 22.2. The number of aliphatic hydroxyl groups excluding tert-OH is 2. The molecule has 0 bridgehead atoms. The maximum Gasteiger partial charge on any atom is 0.305 e. The van der Waals surface area contributed by atoms with Crippen LogP contribution in [0.1, 0.15) is 22.8 Å². The van der Waals surface area contributed by atoms with E-state index in [1.54, 1.807) is 7.11 Å². The third-order valence-corrected chi connectivity index (χ3v) is 5.97. The van der Waals surface area contributed by atoms with Crippen LogP contribution < -0.4 is 15.5 Å². The number of aromatic hydroxyl groups is 1. The van der Waals surface area contributed by atoms with Crippen LogP contribution in [0.2, 0.25) is 0 Å². The number of thiazole rings is 1. The molecule has 0 spiro atoms. The van der Waals surface area contributed by atoms with E-state index in [0.717, 1.165) is 36.4 Å². The van der Waals surface area contributed by atoms with Gasteiger partial charge in [0.1, 0.15) is 23.6 Å². The third-order valence-electron chi connectivity index (χ3n) is 5.04. The summed E-state index contributed by atoms with van der Waals surface area (Å²) in [5, 5.41) is 37.1. The van der Waals surface area contributed by atoms with Crippen LogP contribution in [0.25, 0.3) is 10.2 Å². The number of hydrogen-bond acceptors (Lipinski definition) is 8. The van der Waals surface area contributed by atoms with E-state index in [1.807, 2.05) is 12.1 Å². The molecule has 3 aromatic rings. The third kappa shape index (κ3) is 6.36. The van der Waals surface area contributed by atoms with Crippen LogP contribution in [0.3, 0.4) is 0 Å². The second kappa shape index (κ2) is 11.4. The number of aromatic nitrogens is 1. The number of nitrogens with one attached hydrogen (secondary N) is 3. The first-order valence-corrected chi connectivity index (χ1v) is 11.0. The molecule has 0 radical (unpaired) electrons. The van der Waals surface area contributed by atoms with Crippen molar-refractivity contribution in [2.45, 2.75) is 25.2 Å². The highest BCUT2D eigenvalue weighted by Gasteiger charge is 2.22. The summed E-state index contributed by atoms with van der Waals surface area (Å²) in [6.07, 6.45) is -0.836. The van der Waals surface area contributed by atoms with Gasteiger partial charge in [0.2, 0.25) is 0 Å². The van der Waals surface area contributed by atoms with E-state index >= 15 is 0 Å². The van der Waals surface area contributed by atoms with Crippen molar-refractivity contribution in [1.82, 2.24) is 15.6 Å². The van der Waals surface area contributed by atoms with Gasteiger partial charge >= 0.3 is 4.87 Å². The Bertz CT molecular complexity index is 1040. The average Bonchev–Trinajstić information content (AvgIpc) is 3.16. The molecule has 1 aromatic heterocycles. The van der Waals surface area contributed by atoms with Crippen LogP contribution in [0.15, 0.2) is 41.2 Å². The molecule has 0 aliphatic rings. The number of hydrogen-bond donors (Lipinski definition) is 6. The standard InChI is InChI=1S/C22H29N3O5S/c1-30-12-11-23-9-7-14-3-2-4-15(13-14)8-10-24-21(28)19(27)16-5-6-17(26)18-20(16)31-22(29)25-18/h2-6,13,19,21,23-24,26-28H,7-12H2,1H3,(H,25,29). The summed E-state index contributed by atoms with van der Waals surface area (Å²) < 4.78 is 5.45. The smallest absolute Gasteiger partial charge is 0.305 e. The number of ether oxygens (including phenoxy) is 1. The quantitative estimate of drug-likeness (QED) is 0.182. The molecule has 2 unspecified atom stereocenters. The first kappa shape index (κ1) is 23.4. The minimum Gasteiger partial charge on any atom is -0.506 e. The Balaban J connectivity index is 1.52. The minimum absolute atomic E-state index is 0.0690. The highest BCUT2D eigenvalue weighted by Crippen LogP contribution is 2.32. The maximum absolute atomic E-state index is 11.6. The highest BCUT2D eigenvalue weighted by atomic mass is 32.1. The maximum atomic E-state index is 11.6. The lowest BCUT2D eigenvalue weighted by molar-refractivity contribution is -0.00168. The summed E-state index contributed by atoms with van der Waals surface area (Å²) in [4.78, 5) is 13.8. The molecule has 8 nitrogen and oxygen atoms in total. The summed E-state index contributed by atoms with van der Waals surface area (Å²) in [6, 6.07) is 11.2. The first-order valence-electron chi connectivity index (χ1n) is 10.2. The van der Waals surface area contributed by atoms with Gasteiger partial charge in [-0.05, 0) is 36.6 Å². The van der Waals surface area contributed by atoms with E-state index in [-0.39, 0.29) is 16.1 Å². The fourth-order valence-corrected chi connectivity index (χ4v) is 4.29. The predicted molar refractivity (Wildman–Crippen MR) is 122 cm³/mol. The number of rotatable bonds is 12. The van der Waals surface area contributed by atoms with Crippen LogP contribution in [0.5, 0.6) is 5.75 Å². The van der Waals surface area contributed by atoms with E-state index in [0.29, 0.717) is 29.8 Å². The second-order valence-electron chi connectivity index (χ2n) is 7.30. The normalized spacial score (nSPS) is 13.5. The van der Waals surface area contributed by atoms with Gasteiger partial charge in [-0.15, -0.1) is 0 Å². The van der Waals surface area contributed by atoms with Gasteiger partial charge < -0.3 is 30.4 Å². The SMILES string of the molecule is COCCNCCc1cccc(CCNC(O)C(O)c2ccc(O)c3[nH]c(=O)sc23)c1. The monoisotopic (exact) mass is 447 g/mol. The summed E-state index contributed by atoms with van der Waals surface area (Å²) >= 11 is 0.890. The van der Waals surface area contributed by atoms with Crippen LogP contribution in [-0.4, -0.2) is 59.9 Å². The molecule has 0 saturated heterocycles. The second-order valence-corrected chi connectivity index (χ2v) is 8.28.